The summed E-state index contributed by atoms with van der Waals surface area (Å²) < 4.78 is 0. The van der Waals surface area contributed by atoms with Gasteiger partial charge < -0.3 is 14.9 Å². The van der Waals surface area contributed by atoms with Crippen LogP contribution in [0.5, 0.6) is 0 Å². The van der Waals surface area contributed by atoms with E-state index in [1.807, 2.05) is 0 Å². The van der Waals surface area contributed by atoms with Crippen LogP contribution < -0.4 is 4.90 Å². The van der Waals surface area contributed by atoms with Gasteiger partial charge in [-0.15, -0.1) is 0 Å². The van der Waals surface area contributed by atoms with Gasteiger partial charge in [0.2, 0.25) is 0 Å². The van der Waals surface area contributed by atoms with Crippen LogP contribution in [-0.4, -0.2) is 43.1 Å². The molecule has 5 heteroatoms. The predicted molar refractivity (Wildman–Crippen MR) is 63.2 cm³/mol. The Morgan fingerprint density at radius 1 is 1.31 bits per heavy atom. The van der Waals surface area contributed by atoms with E-state index in [9.17, 15) is 4.79 Å². The highest BCUT2D eigenvalue weighted by molar-refractivity contribution is 5.95. The molecule has 0 fully saturated rings. The van der Waals surface area contributed by atoms with Crippen molar-refractivity contribution in [1.29, 1.82) is 5.41 Å². The highest BCUT2D eigenvalue weighted by Gasteiger charge is 2.10. The number of hydrogen-bond acceptors (Lipinski definition) is 2. The van der Waals surface area contributed by atoms with E-state index in [0.717, 1.165) is 0 Å². The normalized spacial score (nSPS) is 9.69. The summed E-state index contributed by atoms with van der Waals surface area (Å²) in [7, 11) is 5.25. The molecule has 5 nitrogen and oxygen atoms in total. The summed E-state index contributed by atoms with van der Waals surface area (Å²) in [6, 6.07) is 6.50. The summed E-state index contributed by atoms with van der Waals surface area (Å²) in [5.41, 5.74) is 0.898. The maximum atomic E-state index is 10.8. The number of nitrogens with zero attached hydrogens (tertiary/aromatic N) is 2. The van der Waals surface area contributed by atoms with Crippen molar-refractivity contribution >= 4 is 17.6 Å². The average molecular weight is 221 g/mol. The molecule has 0 amide bonds. The van der Waals surface area contributed by atoms with E-state index in [1.54, 1.807) is 49.1 Å². The first kappa shape index (κ1) is 12.0. The number of aromatic carboxylic acids is 1. The fraction of sp³-hybridized carbons (Fsp3) is 0.273. The van der Waals surface area contributed by atoms with E-state index in [1.165, 1.54) is 6.07 Å². The number of carboxylic acid groups (broad SMARTS) is 1. The molecular weight excluding hydrogens is 206 g/mol. The van der Waals surface area contributed by atoms with Crippen molar-refractivity contribution in [2.45, 2.75) is 0 Å². The molecule has 0 aliphatic rings. The Morgan fingerprint density at radius 2 is 1.94 bits per heavy atom. The zero-order valence-electron chi connectivity index (χ0n) is 9.56. The van der Waals surface area contributed by atoms with Crippen molar-refractivity contribution in [2.75, 3.05) is 26.0 Å². The standard InChI is InChI=1S/C11H15N3O2/c1-13(2)11(12)14(3)9-6-4-5-8(7-9)10(15)16/h4-7,12H,1-3H3,(H,15,16). The van der Waals surface area contributed by atoms with Crippen LogP contribution in [0, 0.1) is 5.41 Å². The number of rotatable bonds is 2. The van der Waals surface area contributed by atoms with Gasteiger partial charge in [0.05, 0.1) is 5.56 Å². The van der Waals surface area contributed by atoms with Crippen molar-refractivity contribution in [1.82, 2.24) is 4.90 Å². The summed E-state index contributed by atoms with van der Waals surface area (Å²) >= 11 is 0. The molecule has 86 valence electrons. The number of carboxylic acids is 1. The van der Waals surface area contributed by atoms with E-state index >= 15 is 0 Å². The van der Waals surface area contributed by atoms with Gasteiger partial charge in [0.25, 0.3) is 0 Å². The van der Waals surface area contributed by atoms with Gasteiger partial charge in [-0.05, 0) is 18.2 Å². The average Bonchev–Trinajstić information content (AvgIpc) is 2.27. The van der Waals surface area contributed by atoms with E-state index in [4.69, 9.17) is 10.5 Å². The molecule has 0 saturated heterocycles. The molecule has 1 aromatic carbocycles. The third kappa shape index (κ3) is 2.50. The molecule has 0 saturated carbocycles. The van der Waals surface area contributed by atoms with Gasteiger partial charge in [0.1, 0.15) is 0 Å². The second-order valence-electron chi connectivity index (χ2n) is 3.63. The van der Waals surface area contributed by atoms with Crippen LogP contribution in [-0.2, 0) is 0 Å². The van der Waals surface area contributed by atoms with Crippen LogP contribution in [0.4, 0.5) is 5.69 Å². The second-order valence-corrected chi connectivity index (χ2v) is 3.63. The summed E-state index contributed by atoms with van der Waals surface area (Å²) in [5.74, 6) is -0.672. The smallest absolute Gasteiger partial charge is 0.335 e. The molecule has 0 radical (unpaired) electrons. The van der Waals surface area contributed by atoms with Crippen molar-refractivity contribution < 1.29 is 9.90 Å². The lowest BCUT2D eigenvalue weighted by molar-refractivity contribution is 0.0697. The van der Waals surface area contributed by atoms with Crippen LogP contribution in [0.3, 0.4) is 0 Å². The molecule has 0 unspecified atom stereocenters. The number of carbonyl (C=O) groups is 1. The van der Waals surface area contributed by atoms with Gasteiger partial charge in [0.15, 0.2) is 5.96 Å². The molecule has 0 atom stereocenters. The fourth-order valence-corrected chi connectivity index (χ4v) is 1.27. The van der Waals surface area contributed by atoms with Gasteiger partial charge >= 0.3 is 5.97 Å². The van der Waals surface area contributed by atoms with Crippen LogP contribution >= 0.6 is 0 Å². The molecule has 0 bridgehead atoms. The molecule has 1 rings (SSSR count). The van der Waals surface area contributed by atoms with E-state index in [2.05, 4.69) is 0 Å². The zero-order chi connectivity index (χ0) is 12.3. The van der Waals surface area contributed by atoms with Gasteiger partial charge in [-0.3, -0.25) is 5.41 Å². The number of nitrogens with one attached hydrogen (secondary N) is 1. The summed E-state index contributed by atoms with van der Waals surface area (Å²) in [6.07, 6.45) is 0. The molecule has 16 heavy (non-hydrogen) atoms. The quantitative estimate of drug-likeness (QED) is 0.583. The largest absolute Gasteiger partial charge is 0.478 e. The lowest BCUT2D eigenvalue weighted by Gasteiger charge is -2.25. The van der Waals surface area contributed by atoms with Gasteiger partial charge in [-0.1, -0.05) is 6.07 Å². The Bertz CT molecular complexity index is 415. The topological polar surface area (TPSA) is 67.6 Å². The van der Waals surface area contributed by atoms with E-state index in [-0.39, 0.29) is 5.56 Å². The SMILES string of the molecule is CN(C)C(=N)N(C)c1cccc(C(=O)O)c1. The molecule has 0 heterocycles. The third-order valence-corrected chi connectivity index (χ3v) is 2.22. The van der Waals surface area contributed by atoms with Crippen molar-refractivity contribution in [3.63, 3.8) is 0 Å². The summed E-state index contributed by atoms with van der Waals surface area (Å²) in [4.78, 5) is 14.1. The number of benzene rings is 1. The maximum absolute atomic E-state index is 10.8. The van der Waals surface area contributed by atoms with E-state index in [0.29, 0.717) is 11.6 Å². The summed E-state index contributed by atoms with van der Waals surface area (Å²) in [6.45, 7) is 0. The van der Waals surface area contributed by atoms with Crippen molar-refractivity contribution in [3.8, 4) is 0 Å². The molecule has 0 spiro atoms. The Hall–Kier alpha value is -2.04. The van der Waals surface area contributed by atoms with Gasteiger partial charge in [-0.25, -0.2) is 4.79 Å². The minimum absolute atomic E-state index is 0.218. The summed E-state index contributed by atoms with van der Waals surface area (Å²) in [5, 5.41) is 16.6. The zero-order valence-corrected chi connectivity index (χ0v) is 9.56. The van der Waals surface area contributed by atoms with E-state index < -0.39 is 5.97 Å². The van der Waals surface area contributed by atoms with Crippen molar-refractivity contribution in [3.05, 3.63) is 29.8 Å². The Morgan fingerprint density at radius 3 is 2.44 bits per heavy atom. The first-order valence-electron chi connectivity index (χ1n) is 4.76. The van der Waals surface area contributed by atoms with Crippen molar-refractivity contribution in [2.24, 2.45) is 0 Å². The number of guanidine groups is 1. The number of hydrogen-bond donors (Lipinski definition) is 2. The predicted octanol–water partition coefficient (Wildman–Crippen LogP) is 1.32. The van der Waals surface area contributed by atoms with Crippen LogP contribution in [0.2, 0.25) is 0 Å². The molecular formula is C11H15N3O2. The van der Waals surface area contributed by atoms with Crippen LogP contribution in [0.25, 0.3) is 0 Å². The van der Waals surface area contributed by atoms with Gasteiger partial charge in [-0.2, -0.15) is 0 Å². The van der Waals surface area contributed by atoms with Crippen LogP contribution in [0.1, 0.15) is 10.4 Å². The van der Waals surface area contributed by atoms with Gasteiger partial charge in [0, 0.05) is 26.8 Å². The molecule has 2 N–H and O–H groups in total. The minimum Gasteiger partial charge on any atom is -0.478 e. The second kappa shape index (κ2) is 4.65. The monoisotopic (exact) mass is 221 g/mol. The first-order valence-corrected chi connectivity index (χ1v) is 4.76. The Kier molecular flexibility index (Phi) is 3.50. The minimum atomic E-state index is -0.966. The molecule has 0 aromatic heterocycles. The fourth-order valence-electron chi connectivity index (χ4n) is 1.27. The molecule has 1 aromatic rings. The lowest BCUT2D eigenvalue weighted by atomic mass is 10.2. The highest BCUT2D eigenvalue weighted by Crippen LogP contribution is 2.15. The molecule has 0 aliphatic carbocycles. The third-order valence-electron chi connectivity index (χ3n) is 2.22. The lowest BCUT2D eigenvalue weighted by Crippen LogP contribution is -2.37. The number of anilines is 1. The highest BCUT2D eigenvalue weighted by atomic mass is 16.4. The Labute approximate surface area is 94.4 Å². The maximum Gasteiger partial charge on any atom is 0.335 e. The Balaban J connectivity index is 3.00. The first-order chi connectivity index (χ1) is 7.43. The van der Waals surface area contributed by atoms with Crippen LogP contribution in [0.15, 0.2) is 24.3 Å². The molecule has 0 aliphatic heterocycles.